The number of hydrogen-bond acceptors (Lipinski definition) is 4. The molecule has 0 atom stereocenters. The number of anilines is 1. The van der Waals surface area contributed by atoms with Crippen LogP contribution >= 0.6 is 0 Å². The summed E-state index contributed by atoms with van der Waals surface area (Å²) in [6.07, 6.45) is -1.50. The van der Waals surface area contributed by atoms with Crippen molar-refractivity contribution in [1.82, 2.24) is 14.8 Å². The highest BCUT2D eigenvalue weighted by molar-refractivity contribution is 5.96. The van der Waals surface area contributed by atoms with Gasteiger partial charge in [-0.15, -0.1) is 0 Å². The van der Waals surface area contributed by atoms with E-state index in [2.05, 4.69) is 10.1 Å². The van der Waals surface area contributed by atoms with Crippen molar-refractivity contribution in [2.45, 2.75) is 45.7 Å². The molecule has 0 aliphatic heterocycles. The molecule has 0 saturated heterocycles. The van der Waals surface area contributed by atoms with Crippen LogP contribution in [0.4, 0.5) is 18.9 Å². The number of aryl methyl sites for hydroxylation is 1. The molecule has 27 heavy (non-hydrogen) atoms. The summed E-state index contributed by atoms with van der Waals surface area (Å²) in [7, 11) is 0. The van der Waals surface area contributed by atoms with Gasteiger partial charge in [0, 0.05) is 32.0 Å². The normalized spacial score (nSPS) is 11.4. The van der Waals surface area contributed by atoms with Crippen LogP contribution in [0, 0.1) is 6.92 Å². The van der Waals surface area contributed by atoms with E-state index in [1.54, 1.807) is 43.2 Å². The molecule has 0 radical (unpaired) electrons. The van der Waals surface area contributed by atoms with Crippen molar-refractivity contribution in [1.29, 1.82) is 0 Å². The van der Waals surface area contributed by atoms with Gasteiger partial charge in [-0.2, -0.15) is 18.3 Å². The number of alkyl halides is 3. The maximum absolute atomic E-state index is 12.5. The minimum atomic E-state index is -4.37. The minimum absolute atomic E-state index is 0.137. The molecule has 0 aromatic carbocycles. The molecule has 2 heterocycles. The number of carbonyl (C=O) groups excluding carboxylic acids is 2. The topological polar surface area (TPSA) is 68.1 Å². The van der Waals surface area contributed by atoms with Gasteiger partial charge < -0.3 is 4.90 Å². The molecular weight excluding hydrogens is 361 g/mol. The summed E-state index contributed by atoms with van der Waals surface area (Å²) in [6.45, 7) is 3.89. The van der Waals surface area contributed by atoms with Crippen LogP contribution < -0.4 is 4.90 Å². The first kappa shape index (κ1) is 20.6. The van der Waals surface area contributed by atoms with Crippen LogP contribution in [0.3, 0.4) is 0 Å². The molecule has 2 aromatic rings. The number of hydrogen-bond donors (Lipinski definition) is 0. The van der Waals surface area contributed by atoms with Gasteiger partial charge in [0.15, 0.2) is 0 Å². The van der Waals surface area contributed by atoms with Gasteiger partial charge in [-0.1, -0.05) is 0 Å². The molecular formula is C18H21F3N4O2. The van der Waals surface area contributed by atoms with Crippen LogP contribution in [-0.4, -0.2) is 39.2 Å². The molecule has 0 N–H and O–H groups in total. The average molecular weight is 382 g/mol. The fraction of sp³-hybridized carbons (Fsp3) is 0.444. The summed E-state index contributed by atoms with van der Waals surface area (Å²) in [5.41, 5.74) is 1.95. The Hall–Kier alpha value is -2.71. The van der Waals surface area contributed by atoms with Crippen LogP contribution in [0.15, 0.2) is 30.7 Å². The zero-order chi connectivity index (χ0) is 20.0. The molecule has 0 unspecified atom stereocenters. The molecule has 0 aliphatic rings. The number of halogens is 3. The smallest absolute Gasteiger partial charge is 0.310 e. The third kappa shape index (κ3) is 5.90. The second kappa shape index (κ2) is 8.79. The fourth-order valence-electron chi connectivity index (χ4n) is 2.61. The highest BCUT2D eigenvalue weighted by atomic mass is 19.4. The van der Waals surface area contributed by atoms with Crippen molar-refractivity contribution >= 4 is 17.4 Å². The Morgan fingerprint density at radius 2 is 1.96 bits per heavy atom. The lowest BCUT2D eigenvalue weighted by molar-refractivity contribution is -0.143. The summed E-state index contributed by atoms with van der Waals surface area (Å²) in [5.74, 6) is -0.897. The number of nitrogens with zero attached hydrogens (tertiary/aromatic N) is 4. The predicted octanol–water partition coefficient (Wildman–Crippen LogP) is 3.62. The van der Waals surface area contributed by atoms with E-state index in [4.69, 9.17) is 0 Å². The Balaban J connectivity index is 2.03. The molecule has 0 saturated carbocycles. The SMILES string of the molecule is CCN(C(=O)CCC(=O)CCC(F)(F)F)c1cn(-c2cccnc2)nc1C. The van der Waals surface area contributed by atoms with Crippen LogP contribution in [0.1, 0.15) is 38.3 Å². The van der Waals surface area contributed by atoms with Crippen LogP contribution in [-0.2, 0) is 9.59 Å². The van der Waals surface area contributed by atoms with E-state index in [0.29, 0.717) is 17.9 Å². The number of Topliss-reactive ketones (excluding diaryl/α,β-unsaturated/α-hetero) is 1. The molecule has 2 rings (SSSR count). The minimum Gasteiger partial charge on any atom is -0.310 e. The van der Waals surface area contributed by atoms with Crippen molar-refractivity contribution in [3.8, 4) is 5.69 Å². The Labute approximate surface area is 155 Å². The first-order chi connectivity index (χ1) is 12.7. The number of amides is 1. The van der Waals surface area contributed by atoms with E-state index < -0.39 is 24.8 Å². The van der Waals surface area contributed by atoms with Crippen LogP contribution in [0.5, 0.6) is 0 Å². The Bertz CT molecular complexity index is 788. The summed E-state index contributed by atoms with van der Waals surface area (Å²) < 4.78 is 38.1. The molecule has 0 fully saturated rings. The number of carbonyl (C=O) groups is 2. The number of pyridine rings is 1. The van der Waals surface area contributed by atoms with Gasteiger partial charge in [0.05, 0.1) is 35.9 Å². The number of aromatic nitrogens is 3. The highest BCUT2D eigenvalue weighted by Crippen LogP contribution is 2.23. The monoisotopic (exact) mass is 382 g/mol. The lowest BCUT2D eigenvalue weighted by Crippen LogP contribution is -2.31. The largest absolute Gasteiger partial charge is 0.389 e. The quantitative estimate of drug-likeness (QED) is 0.699. The van der Waals surface area contributed by atoms with Crippen molar-refractivity contribution in [3.05, 3.63) is 36.4 Å². The van der Waals surface area contributed by atoms with Gasteiger partial charge in [0.1, 0.15) is 5.78 Å². The molecule has 146 valence electrons. The third-order valence-corrected chi connectivity index (χ3v) is 4.00. The summed E-state index contributed by atoms with van der Waals surface area (Å²) in [4.78, 5) is 29.6. The van der Waals surface area contributed by atoms with Crippen molar-refractivity contribution in [2.75, 3.05) is 11.4 Å². The van der Waals surface area contributed by atoms with Crippen molar-refractivity contribution in [3.63, 3.8) is 0 Å². The first-order valence-corrected chi connectivity index (χ1v) is 8.56. The molecule has 6 nitrogen and oxygen atoms in total. The van der Waals surface area contributed by atoms with E-state index in [1.165, 1.54) is 4.90 Å². The Morgan fingerprint density at radius 3 is 2.56 bits per heavy atom. The van der Waals surface area contributed by atoms with Crippen LogP contribution in [0.2, 0.25) is 0 Å². The fourth-order valence-corrected chi connectivity index (χ4v) is 2.61. The standard InChI is InChI=1S/C18H21F3N4O2/c1-3-24(17(27)7-6-15(26)8-9-18(19,20)21)16-12-25(23-13(16)2)14-5-4-10-22-11-14/h4-5,10-12H,3,6-9H2,1-2H3. The second-order valence-corrected chi connectivity index (χ2v) is 6.05. The van der Waals surface area contributed by atoms with Gasteiger partial charge in [-0.05, 0) is 26.0 Å². The highest BCUT2D eigenvalue weighted by Gasteiger charge is 2.28. The molecule has 1 amide bonds. The van der Waals surface area contributed by atoms with Gasteiger partial charge in [-0.25, -0.2) is 4.68 Å². The average Bonchev–Trinajstić information content (AvgIpc) is 3.00. The third-order valence-electron chi connectivity index (χ3n) is 4.00. The van der Waals surface area contributed by atoms with Gasteiger partial charge in [0.25, 0.3) is 0 Å². The van der Waals surface area contributed by atoms with Crippen molar-refractivity contribution < 1.29 is 22.8 Å². The summed E-state index contributed by atoms with van der Waals surface area (Å²) in [5, 5.41) is 4.37. The summed E-state index contributed by atoms with van der Waals surface area (Å²) >= 11 is 0. The van der Waals surface area contributed by atoms with Gasteiger partial charge >= 0.3 is 6.18 Å². The zero-order valence-corrected chi connectivity index (χ0v) is 15.2. The summed E-state index contributed by atoms with van der Waals surface area (Å²) in [6, 6.07) is 3.59. The second-order valence-electron chi connectivity index (χ2n) is 6.05. The Kier molecular flexibility index (Phi) is 6.70. The molecule has 0 spiro atoms. The Morgan fingerprint density at radius 1 is 1.22 bits per heavy atom. The molecule has 0 aliphatic carbocycles. The maximum atomic E-state index is 12.5. The van der Waals surface area contributed by atoms with E-state index in [0.717, 1.165) is 5.69 Å². The van der Waals surface area contributed by atoms with Crippen molar-refractivity contribution in [2.24, 2.45) is 0 Å². The molecule has 9 heteroatoms. The van der Waals surface area contributed by atoms with E-state index in [-0.39, 0.29) is 18.7 Å². The number of rotatable bonds is 8. The van der Waals surface area contributed by atoms with E-state index in [1.807, 2.05) is 6.07 Å². The van der Waals surface area contributed by atoms with E-state index in [9.17, 15) is 22.8 Å². The number of ketones is 1. The maximum Gasteiger partial charge on any atom is 0.389 e. The lowest BCUT2D eigenvalue weighted by Gasteiger charge is -2.20. The zero-order valence-electron chi connectivity index (χ0n) is 15.2. The molecule has 0 bridgehead atoms. The van der Waals surface area contributed by atoms with Gasteiger partial charge in [-0.3, -0.25) is 14.6 Å². The first-order valence-electron chi connectivity index (χ1n) is 8.56. The lowest BCUT2D eigenvalue weighted by atomic mass is 10.1. The van der Waals surface area contributed by atoms with E-state index >= 15 is 0 Å². The van der Waals surface area contributed by atoms with Crippen LogP contribution in [0.25, 0.3) is 5.69 Å². The molecule has 2 aromatic heterocycles. The predicted molar refractivity (Wildman–Crippen MR) is 93.7 cm³/mol. The van der Waals surface area contributed by atoms with Gasteiger partial charge in [0.2, 0.25) is 5.91 Å².